The summed E-state index contributed by atoms with van der Waals surface area (Å²) >= 11 is 0. The van der Waals surface area contributed by atoms with Gasteiger partial charge < -0.3 is 20.1 Å². The molecule has 6 heteroatoms. The quantitative estimate of drug-likeness (QED) is 0.667. The molecule has 3 aromatic rings. The Kier molecular flexibility index (Phi) is 5.08. The van der Waals surface area contributed by atoms with Gasteiger partial charge in [0.25, 0.3) is 5.91 Å². The van der Waals surface area contributed by atoms with Gasteiger partial charge in [0.2, 0.25) is 6.79 Å². The Morgan fingerprint density at radius 1 is 1.00 bits per heavy atom. The molecule has 2 aromatic carbocycles. The molecule has 0 unspecified atom stereocenters. The van der Waals surface area contributed by atoms with Crippen LogP contribution in [0.2, 0.25) is 0 Å². The van der Waals surface area contributed by atoms with Gasteiger partial charge in [0.05, 0.1) is 11.3 Å². The molecule has 6 nitrogen and oxygen atoms in total. The summed E-state index contributed by atoms with van der Waals surface area (Å²) in [6.45, 7) is 6.88. The second-order valence-corrected chi connectivity index (χ2v) is 7.23. The molecular formula is C23H23N3O3. The highest BCUT2D eigenvalue weighted by Gasteiger charge is 2.14. The van der Waals surface area contributed by atoms with Crippen LogP contribution in [0.25, 0.3) is 0 Å². The van der Waals surface area contributed by atoms with Crippen molar-refractivity contribution in [2.75, 3.05) is 17.4 Å². The van der Waals surface area contributed by atoms with E-state index in [1.165, 1.54) is 5.56 Å². The third-order valence-electron chi connectivity index (χ3n) is 4.85. The number of nitrogens with zero attached hydrogens (tertiary/aromatic N) is 1. The van der Waals surface area contributed by atoms with E-state index in [2.05, 4.69) is 27.8 Å². The summed E-state index contributed by atoms with van der Waals surface area (Å²) in [4.78, 5) is 17.0. The van der Waals surface area contributed by atoms with Gasteiger partial charge in [0, 0.05) is 24.6 Å². The molecule has 0 saturated carbocycles. The van der Waals surface area contributed by atoms with Crippen LogP contribution >= 0.6 is 0 Å². The molecule has 0 aliphatic carbocycles. The number of hydrogen-bond acceptors (Lipinski definition) is 5. The van der Waals surface area contributed by atoms with Crippen LogP contribution in [0.1, 0.15) is 32.6 Å². The number of amides is 1. The van der Waals surface area contributed by atoms with Gasteiger partial charge in [-0.1, -0.05) is 23.8 Å². The molecule has 148 valence electrons. The Morgan fingerprint density at radius 3 is 2.55 bits per heavy atom. The highest BCUT2D eigenvalue weighted by molar-refractivity contribution is 6.05. The van der Waals surface area contributed by atoms with Gasteiger partial charge in [-0.15, -0.1) is 0 Å². The van der Waals surface area contributed by atoms with E-state index in [9.17, 15) is 4.79 Å². The number of rotatable bonds is 5. The SMILES string of the molecule is Cc1cc(C)c(NC(=O)c2cncc(NCc3ccc4c(c3)OCO4)c2)c(C)c1. The predicted octanol–water partition coefficient (Wildman–Crippen LogP) is 4.60. The minimum atomic E-state index is -0.181. The Balaban J connectivity index is 1.45. The van der Waals surface area contributed by atoms with Crippen LogP contribution in [0.5, 0.6) is 11.5 Å². The number of pyridine rings is 1. The largest absolute Gasteiger partial charge is 0.454 e. The van der Waals surface area contributed by atoms with Gasteiger partial charge in [-0.2, -0.15) is 0 Å². The van der Waals surface area contributed by atoms with E-state index in [0.29, 0.717) is 12.1 Å². The maximum Gasteiger partial charge on any atom is 0.257 e. The molecular weight excluding hydrogens is 366 g/mol. The van der Waals surface area contributed by atoms with Crippen LogP contribution in [0.4, 0.5) is 11.4 Å². The van der Waals surface area contributed by atoms with Crippen molar-refractivity contribution in [1.29, 1.82) is 0 Å². The minimum absolute atomic E-state index is 0.181. The summed E-state index contributed by atoms with van der Waals surface area (Å²) in [5.74, 6) is 1.33. The van der Waals surface area contributed by atoms with Crippen molar-refractivity contribution >= 4 is 17.3 Å². The van der Waals surface area contributed by atoms with E-state index in [4.69, 9.17) is 9.47 Å². The molecule has 2 heterocycles. The van der Waals surface area contributed by atoms with Gasteiger partial charge in [-0.25, -0.2) is 0 Å². The summed E-state index contributed by atoms with van der Waals surface area (Å²) in [6.07, 6.45) is 3.27. The van der Waals surface area contributed by atoms with Crippen molar-refractivity contribution in [2.45, 2.75) is 27.3 Å². The van der Waals surface area contributed by atoms with Gasteiger partial charge in [0.1, 0.15) is 0 Å². The molecule has 4 rings (SSSR count). The number of carbonyl (C=O) groups is 1. The summed E-state index contributed by atoms with van der Waals surface area (Å²) in [7, 11) is 0. The van der Waals surface area contributed by atoms with E-state index < -0.39 is 0 Å². The second kappa shape index (κ2) is 7.83. The third-order valence-corrected chi connectivity index (χ3v) is 4.85. The Hall–Kier alpha value is -3.54. The first-order valence-electron chi connectivity index (χ1n) is 9.46. The summed E-state index contributed by atoms with van der Waals surface area (Å²) in [5.41, 5.74) is 6.43. The van der Waals surface area contributed by atoms with Crippen LogP contribution in [0, 0.1) is 20.8 Å². The average Bonchev–Trinajstić information content (AvgIpc) is 3.17. The summed E-state index contributed by atoms with van der Waals surface area (Å²) in [5, 5.41) is 6.32. The highest BCUT2D eigenvalue weighted by atomic mass is 16.7. The van der Waals surface area contributed by atoms with E-state index in [1.54, 1.807) is 18.5 Å². The smallest absolute Gasteiger partial charge is 0.257 e. The van der Waals surface area contributed by atoms with Crippen LogP contribution in [-0.4, -0.2) is 17.7 Å². The maximum atomic E-state index is 12.7. The number of aromatic nitrogens is 1. The lowest BCUT2D eigenvalue weighted by molar-refractivity contribution is 0.102. The normalized spacial score (nSPS) is 12.0. The average molecular weight is 389 g/mol. The van der Waals surface area contributed by atoms with Crippen molar-refractivity contribution in [3.63, 3.8) is 0 Å². The molecule has 0 saturated heterocycles. The number of hydrogen-bond donors (Lipinski definition) is 2. The highest BCUT2D eigenvalue weighted by Crippen LogP contribution is 2.32. The van der Waals surface area contributed by atoms with Crippen LogP contribution in [0.3, 0.4) is 0 Å². The molecule has 0 bridgehead atoms. The number of anilines is 2. The van der Waals surface area contributed by atoms with Crippen molar-refractivity contribution < 1.29 is 14.3 Å². The molecule has 0 fully saturated rings. The van der Waals surface area contributed by atoms with Crippen molar-refractivity contribution in [2.24, 2.45) is 0 Å². The number of fused-ring (bicyclic) bond motifs is 1. The van der Waals surface area contributed by atoms with Crippen LogP contribution in [-0.2, 0) is 6.54 Å². The Bertz CT molecular complexity index is 1060. The first-order valence-corrected chi connectivity index (χ1v) is 9.46. The number of carbonyl (C=O) groups excluding carboxylic acids is 1. The van der Waals surface area contributed by atoms with Gasteiger partial charge in [-0.3, -0.25) is 9.78 Å². The lowest BCUT2D eigenvalue weighted by Crippen LogP contribution is -2.14. The van der Waals surface area contributed by atoms with Crippen LogP contribution in [0.15, 0.2) is 48.8 Å². The van der Waals surface area contributed by atoms with Gasteiger partial charge in [0.15, 0.2) is 11.5 Å². The zero-order valence-corrected chi connectivity index (χ0v) is 16.7. The second-order valence-electron chi connectivity index (χ2n) is 7.23. The molecule has 1 aliphatic rings. The minimum Gasteiger partial charge on any atom is -0.454 e. The third kappa shape index (κ3) is 4.16. The number of aryl methyl sites for hydroxylation is 3. The summed E-state index contributed by atoms with van der Waals surface area (Å²) in [6, 6.07) is 11.7. The van der Waals surface area contributed by atoms with Crippen molar-refractivity contribution in [3.8, 4) is 11.5 Å². The monoisotopic (exact) mass is 389 g/mol. The number of nitrogens with one attached hydrogen (secondary N) is 2. The van der Waals surface area contributed by atoms with Crippen molar-refractivity contribution in [1.82, 2.24) is 4.98 Å². The first-order chi connectivity index (χ1) is 14.0. The fraction of sp³-hybridized carbons (Fsp3) is 0.217. The fourth-order valence-corrected chi connectivity index (χ4v) is 3.48. The Labute approximate surface area is 169 Å². The molecule has 0 atom stereocenters. The van der Waals surface area contributed by atoms with Crippen LogP contribution < -0.4 is 20.1 Å². The van der Waals surface area contributed by atoms with Gasteiger partial charge >= 0.3 is 0 Å². The zero-order valence-electron chi connectivity index (χ0n) is 16.7. The van der Waals surface area contributed by atoms with Crippen molar-refractivity contribution in [3.05, 3.63) is 76.6 Å². The topological polar surface area (TPSA) is 72.5 Å². The van der Waals surface area contributed by atoms with E-state index in [0.717, 1.165) is 39.6 Å². The lowest BCUT2D eigenvalue weighted by atomic mass is 10.0. The van der Waals surface area contributed by atoms with E-state index in [1.807, 2.05) is 39.0 Å². The molecule has 1 aromatic heterocycles. The maximum absolute atomic E-state index is 12.7. The zero-order chi connectivity index (χ0) is 20.4. The molecule has 1 aliphatic heterocycles. The first kappa shape index (κ1) is 18.8. The fourth-order valence-electron chi connectivity index (χ4n) is 3.48. The standard InChI is InChI=1S/C23H23N3O3/c1-14-6-15(2)22(16(3)7-14)26-23(27)18-9-19(12-24-11-18)25-10-17-4-5-20-21(8-17)29-13-28-20/h4-9,11-12,25H,10,13H2,1-3H3,(H,26,27). The number of ether oxygens (including phenoxy) is 2. The van der Waals surface area contributed by atoms with E-state index >= 15 is 0 Å². The molecule has 0 radical (unpaired) electrons. The molecule has 0 spiro atoms. The summed E-state index contributed by atoms with van der Waals surface area (Å²) < 4.78 is 10.7. The Morgan fingerprint density at radius 2 is 1.76 bits per heavy atom. The molecule has 1 amide bonds. The predicted molar refractivity (Wildman–Crippen MR) is 113 cm³/mol. The van der Waals surface area contributed by atoms with E-state index in [-0.39, 0.29) is 12.7 Å². The van der Waals surface area contributed by atoms with Gasteiger partial charge in [-0.05, 0) is 55.7 Å². The molecule has 2 N–H and O–H groups in total. The lowest BCUT2D eigenvalue weighted by Gasteiger charge is -2.13. The number of benzene rings is 2. The molecule has 29 heavy (non-hydrogen) atoms.